The van der Waals surface area contributed by atoms with Crippen molar-refractivity contribution in [3.05, 3.63) is 24.0 Å². The quantitative estimate of drug-likeness (QED) is 0.798. The summed E-state index contributed by atoms with van der Waals surface area (Å²) >= 11 is 0. The number of H-pyrrole nitrogens is 1. The number of pyridine rings is 1. The highest BCUT2D eigenvalue weighted by molar-refractivity contribution is 6.06. The van der Waals surface area contributed by atoms with E-state index >= 15 is 0 Å². The number of nitrogens with one attached hydrogen (secondary N) is 2. The first-order valence-electron chi connectivity index (χ1n) is 9.16. The van der Waals surface area contributed by atoms with Crippen molar-refractivity contribution in [3.8, 4) is 0 Å². The van der Waals surface area contributed by atoms with Gasteiger partial charge in [0.1, 0.15) is 5.65 Å². The average Bonchev–Trinajstić information content (AvgIpc) is 3.06. The number of carbonyl (C=O) groups excluding carboxylic acids is 1. The van der Waals surface area contributed by atoms with Crippen molar-refractivity contribution in [1.29, 1.82) is 0 Å². The molecule has 2 heterocycles. The molecule has 2 atom stereocenters. The van der Waals surface area contributed by atoms with Gasteiger partial charge >= 0.3 is 0 Å². The number of carbonyl (C=O) groups is 1. The third kappa shape index (κ3) is 2.20. The number of hydrogen-bond donors (Lipinski definition) is 3. The number of fused-ring (bicyclic) bond motifs is 1. The number of nitrogens with zero attached hydrogens (tertiary/aromatic N) is 1. The molecule has 4 bridgehead atoms. The Balaban J connectivity index is 1.52. The van der Waals surface area contributed by atoms with Crippen molar-refractivity contribution in [2.45, 2.75) is 43.7 Å². The summed E-state index contributed by atoms with van der Waals surface area (Å²) in [7, 11) is 1.87. The normalized spacial score (nSPS) is 36.0. The van der Waals surface area contributed by atoms with E-state index in [1.165, 1.54) is 19.3 Å². The molecule has 4 aliphatic carbocycles. The summed E-state index contributed by atoms with van der Waals surface area (Å²) in [5.41, 5.74) is 7.80. The maximum absolute atomic E-state index is 11.9. The Morgan fingerprint density at radius 1 is 1.36 bits per heavy atom. The first kappa shape index (κ1) is 15.2. The summed E-state index contributed by atoms with van der Waals surface area (Å²) in [5, 5.41) is 4.66. The molecule has 1 amide bonds. The van der Waals surface area contributed by atoms with Crippen LogP contribution in [0.25, 0.3) is 11.0 Å². The van der Waals surface area contributed by atoms with Gasteiger partial charge in [0.2, 0.25) is 0 Å². The van der Waals surface area contributed by atoms with Crippen LogP contribution in [0.1, 0.15) is 42.5 Å². The molecule has 0 aliphatic heterocycles. The van der Waals surface area contributed by atoms with Gasteiger partial charge in [0, 0.05) is 30.9 Å². The first-order valence-corrected chi connectivity index (χ1v) is 9.16. The zero-order valence-electron chi connectivity index (χ0n) is 14.4. The van der Waals surface area contributed by atoms with Crippen LogP contribution >= 0.6 is 0 Å². The number of rotatable bonds is 4. The zero-order chi connectivity index (χ0) is 17.2. The van der Waals surface area contributed by atoms with E-state index in [0.717, 1.165) is 35.5 Å². The molecule has 0 radical (unpaired) electrons. The second-order valence-electron chi connectivity index (χ2n) is 8.18. The van der Waals surface area contributed by atoms with Gasteiger partial charge in [-0.1, -0.05) is 0 Å². The van der Waals surface area contributed by atoms with Gasteiger partial charge < -0.3 is 20.8 Å². The molecular weight excluding hydrogens is 316 g/mol. The number of methoxy groups -OCH3 is 1. The van der Waals surface area contributed by atoms with Gasteiger partial charge in [-0.25, -0.2) is 4.98 Å². The number of hydrogen-bond acceptors (Lipinski definition) is 4. The summed E-state index contributed by atoms with van der Waals surface area (Å²) in [6.07, 6.45) is 9.38. The van der Waals surface area contributed by atoms with E-state index in [0.29, 0.717) is 23.4 Å². The fraction of sp³-hybridized carbons (Fsp3) is 0.579. The third-order valence-electron chi connectivity index (χ3n) is 6.81. The SMILES string of the molecule is COC12CC3CC(C1)C(Nc1c(C(N)=O)cnc4[nH]ccc14)C(C3)C2. The van der Waals surface area contributed by atoms with E-state index in [4.69, 9.17) is 10.5 Å². The van der Waals surface area contributed by atoms with Gasteiger partial charge in [0.25, 0.3) is 5.91 Å². The predicted molar refractivity (Wildman–Crippen MR) is 95.3 cm³/mol. The van der Waals surface area contributed by atoms with Crippen LogP contribution in [0.15, 0.2) is 18.5 Å². The van der Waals surface area contributed by atoms with E-state index in [1.54, 1.807) is 6.20 Å². The Morgan fingerprint density at radius 3 is 2.80 bits per heavy atom. The molecule has 6 nitrogen and oxygen atoms in total. The van der Waals surface area contributed by atoms with Gasteiger partial charge in [-0.15, -0.1) is 0 Å². The minimum absolute atomic E-state index is 0.0862. The number of ether oxygens (including phenoxy) is 1. The molecule has 0 spiro atoms. The van der Waals surface area contributed by atoms with E-state index in [9.17, 15) is 4.79 Å². The molecule has 6 rings (SSSR count). The number of amides is 1. The Morgan fingerprint density at radius 2 is 2.12 bits per heavy atom. The highest BCUT2D eigenvalue weighted by atomic mass is 16.5. The first-order chi connectivity index (χ1) is 12.1. The van der Waals surface area contributed by atoms with Crippen LogP contribution in [0.4, 0.5) is 5.69 Å². The summed E-state index contributed by atoms with van der Waals surface area (Å²) in [4.78, 5) is 19.4. The largest absolute Gasteiger partial charge is 0.380 e. The molecule has 2 aromatic rings. The van der Waals surface area contributed by atoms with Gasteiger partial charge in [-0.3, -0.25) is 4.79 Å². The number of primary amides is 1. The lowest BCUT2D eigenvalue weighted by atomic mass is 9.52. The van der Waals surface area contributed by atoms with Crippen molar-refractivity contribution in [3.63, 3.8) is 0 Å². The lowest BCUT2D eigenvalue weighted by Gasteiger charge is -2.59. The summed E-state index contributed by atoms with van der Waals surface area (Å²) in [6, 6.07) is 2.34. The molecular formula is C19H24N4O2. The standard InChI is InChI=1S/C19H24N4O2/c1-25-19-6-10-4-11(7-19)15(12(5-10)8-19)23-16-13-2-3-21-18(13)22-9-14(16)17(20)24/h2-3,9-12,15H,4-8H2,1H3,(H2,20,24)(H2,21,22,23). The van der Waals surface area contributed by atoms with Crippen molar-refractivity contribution in [2.24, 2.45) is 23.5 Å². The van der Waals surface area contributed by atoms with Gasteiger partial charge in [-0.2, -0.15) is 0 Å². The fourth-order valence-electron chi connectivity index (χ4n) is 5.95. The van der Waals surface area contributed by atoms with Gasteiger partial charge in [0.15, 0.2) is 0 Å². The monoisotopic (exact) mass is 340 g/mol. The average molecular weight is 340 g/mol. The number of nitrogens with two attached hydrogens (primary N) is 1. The molecule has 6 heteroatoms. The smallest absolute Gasteiger partial charge is 0.252 e. The topological polar surface area (TPSA) is 93.0 Å². The summed E-state index contributed by atoms with van der Waals surface area (Å²) in [6.45, 7) is 0. The minimum atomic E-state index is -0.435. The maximum Gasteiger partial charge on any atom is 0.252 e. The molecule has 4 fully saturated rings. The van der Waals surface area contributed by atoms with E-state index in [-0.39, 0.29) is 5.60 Å². The lowest BCUT2D eigenvalue weighted by molar-refractivity contribution is -0.149. The molecule has 2 unspecified atom stereocenters. The minimum Gasteiger partial charge on any atom is -0.380 e. The maximum atomic E-state index is 11.9. The second-order valence-corrected chi connectivity index (χ2v) is 8.18. The van der Waals surface area contributed by atoms with Crippen molar-refractivity contribution >= 4 is 22.6 Å². The zero-order valence-corrected chi connectivity index (χ0v) is 14.4. The molecule has 25 heavy (non-hydrogen) atoms. The van der Waals surface area contributed by atoms with E-state index in [2.05, 4.69) is 15.3 Å². The molecule has 132 valence electrons. The van der Waals surface area contributed by atoms with E-state index < -0.39 is 5.91 Å². The molecule has 4 saturated carbocycles. The van der Waals surface area contributed by atoms with Crippen LogP contribution in [0.3, 0.4) is 0 Å². The fourth-order valence-corrected chi connectivity index (χ4v) is 5.95. The molecule has 4 aliphatic rings. The van der Waals surface area contributed by atoms with E-state index in [1.807, 2.05) is 19.4 Å². The highest BCUT2D eigenvalue weighted by Gasteiger charge is 2.55. The van der Waals surface area contributed by atoms with Crippen molar-refractivity contribution in [1.82, 2.24) is 9.97 Å². The second kappa shape index (κ2) is 5.21. The van der Waals surface area contributed by atoms with Crippen LogP contribution in [0.2, 0.25) is 0 Å². The number of aromatic amines is 1. The Hall–Kier alpha value is -2.08. The third-order valence-corrected chi connectivity index (χ3v) is 6.81. The summed E-state index contributed by atoms with van der Waals surface area (Å²) in [5.74, 6) is 1.54. The number of aromatic nitrogens is 2. The van der Waals surface area contributed by atoms with Crippen molar-refractivity contribution in [2.75, 3.05) is 12.4 Å². The Bertz CT molecular complexity index is 829. The summed E-state index contributed by atoms with van der Waals surface area (Å²) < 4.78 is 5.95. The van der Waals surface area contributed by atoms with Gasteiger partial charge in [-0.05, 0) is 55.9 Å². The predicted octanol–water partition coefficient (Wildman–Crippen LogP) is 2.67. The lowest BCUT2D eigenvalue weighted by Crippen LogP contribution is -2.59. The Labute approximate surface area is 146 Å². The van der Waals surface area contributed by atoms with Gasteiger partial charge in [0.05, 0.1) is 16.9 Å². The molecule has 0 aromatic carbocycles. The van der Waals surface area contributed by atoms with Crippen LogP contribution in [-0.4, -0.2) is 34.6 Å². The van der Waals surface area contributed by atoms with Crippen LogP contribution in [-0.2, 0) is 4.74 Å². The molecule has 0 saturated heterocycles. The van der Waals surface area contributed by atoms with Crippen LogP contribution in [0.5, 0.6) is 0 Å². The Kier molecular flexibility index (Phi) is 3.17. The van der Waals surface area contributed by atoms with Crippen molar-refractivity contribution < 1.29 is 9.53 Å². The molecule has 4 N–H and O–H groups in total. The van der Waals surface area contributed by atoms with Crippen LogP contribution < -0.4 is 11.1 Å². The van der Waals surface area contributed by atoms with Crippen LogP contribution in [0, 0.1) is 17.8 Å². The number of anilines is 1. The highest BCUT2D eigenvalue weighted by Crippen LogP contribution is 2.57. The molecule has 2 aromatic heterocycles.